The third-order valence-electron chi connectivity index (χ3n) is 6.25. The lowest BCUT2D eigenvalue weighted by atomic mass is 10.2. The van der Waals surface area contributed by atoms with Crippen molar-refractivity contribution in [3.8, 4) is 0 Å². The van der Waals surface area contributed by atoms with Crippen LogP contribution in [0.4, 0.5) is 9.52 Å². The molecule has 0 bridgehead atoms. The van der Waals surface area contributed by atoms with Crippen molar-refractivity contribution in [2.24, 2.45) is 0 Å². The first kappa shape index (κ1) is 22.2. The first-order chi connectivity index (χ1) is 15.9. The molecule has 2 saturated heterocycles. The molecule has 0 aliphatic carbocycles. The number of carbonyl (C=O) groups excluding carboxylic acids is 1. The second kappa shape index (κ2) is 9.00. The fraction of sp³-hybridized carbons (Fsp3) is 0.391. The van der Waals surface area contributed by atoms with Gasteiger partial charge in [0.2, 0.25) is 10.0 Å². The van der Waals surface area contributed by atoms with Gasteiger partial charge in [-0.2, -0.15) is 4.31 Å². The monoisotopic (exact) mass is 488 g/mol. The third-order valence-corrected chi connectivity index (χ3v) is 9.24. The van der Waals surface area contributed by atoms with Gasteiger partial charge >= 0.3 is 0 Å². The second-order valence-electron chi connectivity index (χ2n) is 8.35. The van der Waals surface area contributed by atoms with E-state index in [2.05, 4.69) is 9.88 Å². The molecule has 174 valence electrons. The Labute approximate surface area is 196 Å². The topological polar surface area (TPSA) is 73.8 Å². The predicted molar refractivity (Wildman–Crippen MR) is 127 cm³/mol. The molecule has 33 heavy (non-hydrogen) atoms. The zero-order chi connectivity index (χ0) is 23.0. The molecule has 2 aliphatic rings. The van der Waals surface area contributed by atoms with Crippen LogP contribution in [0.3, 0.4) is 0 Å². The lowest BCUT2D eigenvalue weighted by Gasteiger charge is -2.34. The minimum Gasteiger partial charge on any atom is -0.345 e. The van der Waals surface area contributed by atoms with E-state index >= 15 is 0 Å². The maximum absolute atomic E-state index is 14.0. The molecule has 3 aromatic rings. The molecule has 0 atom stereocenters. The smallest absolute Gasteiger partial charge is 0.253 e. The summed E-state index contributed by atoms with van der Waals surface area (Å²) in [6.45, 7) is 3.35. The minimum atomic E-state index is -3.51. The number of hydrogen-bond acceptors (Lipinski definition) is 6. The van der Waals surface area contributed by atoms with Crippen molar-refractivity contribution in [3.05, 3.63) is 53.8 Å². The van der Waals surface area contributed by atoms with Gasteiger partial charge in [0, 0.05) is 44.8 Å². The van der Waals surface area contributed by atoms with Crippen molar-refractivity contribution in [1.82, 2.24) is 14.2 Å². The minimum absolute atomic E-state index is 0.119. The molecule has 5 rings (SSSR count). The molecule has 1 amide bonds. The summed E-state index contributed by atoms with van der Waals surface area (Å²) in [7, 11) is -3.51. The highest BCUT2D eigenvalue weighted by atomic mass is 32.2. The molecule has 10 heteroatoms. The molecule has 7 nitrogen and oxygen atoms in total. The van der Waals surface area contributed by atoms with Crippen LogP contribution < -0.4 is 4.90 Å². The maximum Gasteiger partial charge on any atom is 0.253 e. The van der Waals surface area contributed by atoms with E-state index in [1.165, 1.54) is 33.8 Å². The number of para-hydroxylation sites is 1. The Morgan fingerprint density at radius 2 is 1.61 bits per heavy atom. The lowest BCUT2D eigenvalue weighted by Crippen LogP contribution is -2.48. The summed E-state index contributed by atoms with van der Waals surface area (Å²) in [5, 5.41) is 0.759. The van der Waals surface area contributed by atoms with E-state index in [1.54, 1.807) is 23.1 Å². The summed E-state index contributed by atoms with van der Waals surface area (Å²) in [6.07, 6.45) is 2.82. The molecule has 0 unspecified atom stereocenters. The van der Waals surface area contributed by atoms with E-state index in [0.717, 1.165) is 29.1 Å². The van der Waals surface area contributed by atoms with Crippen LogP contribution in [0, 0.1) is 5.82 Å². The van der Waals surface area contributed by atoms with Crippen molar-refractivity contribution < 1.29 is 17.6 Å². The number of hydrogen-bond donors (Lipinski definition) is 0. The van der Waals surface area contributed by atoms with Crippen molar-refractivity contribution in [3.63, 3.8) is 0 Å². The third kappa shape index (κ3) is 4.34. The van der Waals surface area contributed by atoms with Crippen LogP contribution in [-0.2, 0) is 10.0 Å². The first-order valence-electron chi connectivity index (χ1n) is 11.1. The van der Waals surface area contributed by atoms with E-state index < -0.39 is 10.0 Å². The quantitative estimate of drug-likeness (QED) is 0.561. The van der Waals surface area contributed by atoms with Crippen LogP contribution in [-0.4, -0.2) is 67.8 Å². The lowest BCUT2D eigenvalue weighted by molar-refractivity contribution is 0.0746. The number of piperidine rings is 1. The summed E-state index contributed by atoms with van der Waals surface area (Å²) >= 11 is 1.45. The Morgan fingerprint density at radius 3 is 2.27 bits per heavy atom. The van der Waals surface area contributed by atoms with E-state index in [0.29, 0.717) is 50.3 Å². The average molecular weight is 489 g/mol. The Hall–Kier alpha value is -2.56. The molecule has 0 radical (unpaired) electrons. The van der Waals surface area contributed by atoms with Gasteiger partial charge in [-0.3, -0.25) is 4.79 Å². The first-order valence-corrected chi connectivity index (χ1v) is 13.4. The summed E-state index contributed by atoms with van der Waals surface area (Å²) in [6, 6.07) is 11.2. The van der Waals surface area contributed by atoms with E-state index in [4.69, 9.17) is 0 Å². The molecule has 0 spiro atoms. The highest BCUT2D eigenvalue weighted by Gasteiger charge is 2.27. The van der Waals surface area contributed by atoms with Crippen LogP contribution in [0.15, 0.2) is 47.4 Å². The normalized spacial score (nSPS) is 18.1. The Balaban J connectivity index is 1.24. The van der Waals surface area contributed by atoms with Gasteiger partial charge in [-0.1, -0.05) is 23.8 Å². The molecule has 3 heterocycles. The summed E-state index contributed by atoms with van der Waals surface area (Å²) < 4.78 is 41.9. The molecule has 2 fully saturated rings. The average Bonchev–Trinajstić information content (AvgIpc) is 3.30. The number of fused-ring (bicyclic) bond motifs is 1. The molecular weight excluding hydrogens is 463 g/mol. The fourth-order valence-corrected chi connectivity index (χ4v) is 6.89. The summed E-state index contributed by atoms with van der Waals surface area (Å²) in [4.78, 5) is 21.5. The van der Waals surface area contributed by atoms with Crippen LogP contribution in [0.1, 0.15) is 29.6 Å². The Kier molecular flexibility index (Phi) is 6.07. The van der Waals surface area contributed by atoms with E-state index in [-0.39, 0.29) is 16.6 Å². The van der Waals surface area contributed by atoms with Gasteiger partial charge < -0.3 is 9.80 Å². The number of aromatic nitrogens is 1. The number of anilines is 1. The zero-order valence-electron chi connectivity index (χ0n) is 18.1. The number of nitrogens with zero attached hydrogens (tertiary/aromatic N) is 4. The number of benzene rings is 2. The molecule has 0 N–H and O–H groups in total. The molecule has 2 aromatic carbocycles. The Bertz CT molecular complexity index is 1260. The fourth-order valence-electron chi connectivity index (χ4n) is 4.35. The van der Waals surface area contributed by atoms with Gasteiger partial charge in [-0.25, -0.2) is 17.8 Å². The summed E-state index contributed by atoms with van der Waals surface area (Å²) in [5.74, 6) is -0.443. The molecule has 1 aromatic heterocycles. The second-order valence-corrected chi connectivity index (χ2v) is 11.3. The SMILES string of the molecule is O=C(c1ccc(S(=O)(=O)N2CCCCC2)cc1)N1CCN(c2nc3c(F)cccc3s2)CC1. The number of halogens is 1. The van der Waals surface area contributed by atoms with Crippen molar-refractivity contribution in [2.45, 2.75) is 24.2 Å². The van der Waals surface area contributed by atoms with Crippen LogP contribution in [0.2, 0.25) is 0 Å². The van der Waals surface area contributed by atoms with Crippen molar-refractivity contribution in [2.75, 3.05) is 44.2 Å². The van der Waals surface area contributed by atoms with Crippen LogP contribution in [0.25, 0.3) is 10.2 Å². The number of thiazole rings is 1. The van der Waals surface area contributed by atoms with Gasteiger partial charge in [-0.05, 0) is 49.2 Å². The number of piperazine rings is 1. The van der Waals surface area contributed by atoms with Crippen LogP contribution >= 0.6 is 11.3 Å². The largest absolute Gasteiger partial charge is 0.345 e. The van der Waals surface area contributed by atoms with Gasteiger partial charge in [0.05, 0.1) is 9.60 Å². The van der Waals surface area contributed by atoms with Gasteiger partial charge in [0.15, 0.2) is 5.13 Å². The Morgan fingerprint density at radius 1 is 0.909 bits per heavy atom. The standard InChI is InChI=1S/C23H25FN4O3S2/c24-19-5-4-6-20-21(19)25-23(32-20)27-15-13-26(14-16-27)22(29)17-7-9-18(10-8-17)33(30,31)28-11-2-1-3-12-28/h4-10H,1-3,11-16H2. The highest BCUT2D eigenvalue weighted by Crippen LogP contribution is 2.31. The molecule has 2 aliphatic heterocycles. The molecule has 0 saturated carbocycles. The highest BCUT2D eigenvalue weighted by molar-refractivity contribution is 7.89. The summed E-state index contributed by atoms with van der Waals surface area (Å²) in [5.41, 5.74) is 0.860. The van der Waals surface area contributed by atoms with Gasteiger partial charge in [0.1, 0.15) is 11.3 Å². The van der Waals surface area contributed by atoms with E-state index in [1.807, 2.05) is 6.07 Å². The van der Waals surface area contributed by atoms with Crippen molar-refractivity contribution in [1.29, 1.82) is 0 Å². The number of carbonyl (C=O) groups is 1. The van der Waals surface area contributed by atoms with Gasteiger partial charge in [0.25, 0.3) is 5.91 Å². The van der Waals surface area contributed by atoms with Crippen LogP contribution in [0.5, 0.6) is 0 Å². The predicted octanol–water partition coefficient (Wildman–Crippen LogP) is 3.57. The number of sulfonamides is 1. The number of rotatable bonds is 4. The zero-order valence-corrected chi connectivity index (χ0v) is 19.7. The van der Waals surface area contributed by atoms with Gasteiger partial charge in [-0.15, -0.1) is 0 Å². The van der Waals surface area contributed by atoms with Crippen molar-refractivity contribution >= 4 is 42.6 Å². The number of amides is 1. The maximum atomic E-state index is 14.0. The van der Waals surface area contributed by atoms with E-state index in [9.17, 15) is 17.6 Å². The molecular formula is C23H25FN4O3S2.